The number of aliphatic imine (C=N–C) groups is 1. The lowest BCUT2D eigenvalue weighted by Gasteiger charge is -2.15. The number of methoxy groups -OCH3 is 1. The van der Waals surface area contributed by atoms with E-state index >= 15 is 4.39 Å². The number of H-pyrrole nitrogens is 1. The Morgan fingerprint density at radius 1 is 1.11 bits per heavy atom. The van der Waals surface area contributed by atoms with E-state index < -0.39 is 23.6 Å². The highest BCUT2D eigenvalue weighted by Crippen LogP contribution is 2.35. The summed E-state index contributed by atoms with van der Waals surface area (Å²) in [7, 11) is 1.52. The number of hydrogen-bond donors (Lipinski definition) is 4. The largest absolute Gasteiger partial charge is 0.573 e. The van der Waals surface area contributed by atoms with Gasteiger partial charge in [0.05, 0.1) is 24.6 Å². The number of nitrogens with zero attached hydrogens (tertiary/aromatic N) is 3. The average molecular weight is 634 g/mol. The summed E-state index contributed by atoms with van der Waals surface area (Å²) in [6.45, 7) is 1.61. The highest BCUT2D eigenvalue weighted by atomic mass is 19.4. The second-order valence-electron chi connectivity index (χ2n) is 10.4. The molecule has 0 radical (unpaired) electrons. The number of aromatic nitrogens is 3. The molecule has 0 saturated carbocycles. The van der Waals surface area contributed by atoms with Crippen LogP contribution in [0.5, 0.6) is 5.75 Å². The van der Waals surface area contributed by atoms with Gasteiger partial charge in [-0.1, -0.05) is 12.1 Å². The molecule has 0 saturated heterocycles. The molecule has 4 rings (SSSR count). The number of aromatic amines is 1. The first-order valence-corrected chi connectivity index (χ1v) is 14.1. The van der Waals surface area contributed by atoms with Gasteiger partial charge in [-0.2, -0.15) is 4.98 Å². The van der Waals surface area contributed by atoms with Gasteiger partial charge in [-0.3, -0.25) is 9.56 Å². The maximum absolute atomic E-state index is 15.4. The first-order valence-electron chi connectivity index (χ1n) is 14.1. The molecule has 242 valence electrons. The van der Waals surface area contributed by atoms with Gasteiger partial charge in [0.25, 0.3) is 0 Å². The lowest BCUT2D eigenvalue weighted by Crippen LogP contribution is -2.25. The fourth-order valence-corrected chi connectivity index (χ4v) is 4.70. The van der Waals surface area contributed by atoms with Crippen LogP contribution < -0.4 is 27.6 Å². The normalized spacial score (nSPS) is 12.4. The van der Waals surface area contributed by atoms with Gasteiger partial charge in [-0.15, -0.1) is 13.2 Å². The molecule has 2 heterocycles. The summed E-state index contributed by atoms with van der Waals surface area (Å²) in [5.74, 6) is -2.13. The summed E-state index contributed by atoms with van der Waals surface area (Å²) in [4.78, 5) is 23.7. The standard InChI is InChI=1S/C30H35F4N7O4/c1-43-17-21(35)5-2-4-19-12-23(26(31)25(13-19)45-30(32,33)34)24-14-20-15-41(29(42)40-27(20)39-24)22-8-6-18(7-9-22)16-44-11-3-10-38-28(36)37/h6-9,12-15,21H,2-5,10-11,16-17,35H2,1H3,(H4,36,37,38)(H,39,40,42). The third kappa shape index (κ3) is 9.51. The van der Waals surface area contributed by atoms with Gasteiger partial charge in [0.15, 0.2) is 17.5 Å². The Labute approximate surface area is 256 Å². The predicted molar refractivity (Wildman–Crippen MR) is 162 cm³/mol. The van der Waals surface area contributed by atoms with Gasteiger partial charge in [-0.25, -0.2) is 9.18 Å². The molecular weight excluding hydrogens is 598 g/mol. The van der Waals surface area contributed by atoms with Crippen molar-refractivity contribution < 1.29 is 31.8 Å². The SMILES string of the molecule is COCC(N)CCCc1cc(OC(F)(F)F)c(F)c(-c2cc3cn(-c4ccc(COCCCN=C(N)N)cc4)c(=O)nc3[nH]2)c1. The third-order valence-electron chi connectivity index (χ3n) is 6.77. The Balaban J connectivity index is 1.56. The first-order chi connectivity index (χ1) is 21.4. The molecule has 0 amide bonds. The fourth-order valence-electron chi connectivity index (χ4n) is 4.70. The van der Waals surface area contributed by atoms with Crippen LogP contribution in [0.15, 0.2) is 58.4 Å². The van der Waals surface area contributed by atoms with Crippen molar-refractivity contribution in [3.8, 4) is 22.7 Å². The molecule has 15 heteroatoms. The molecule has 0 bridgehead atoms. The number of halogens is 4. The van der Waals surface area contributed by atoms with Crippen molar-refractivity contribution in [3.63, 3.8) is 0 Å². The van der Waals surface area contributed by atoms with Crippen LogP contribution in [0.1, 0.15) is 30.4 Å². The van der Waals surface area contributed by atoms with E-state index in [0.29, 0.717) is 68.7 Å². The molecule has 45 heavy (non-hydrogen) atoms. The highest BCUT2D eigenvalue weighted by molar-refractivity contribution is 5.83. The van der Waals surface area contributed by atoms with Crippen LogP contribution in [0.2, 0.25) is 0 Å². The number of rotatable bonds is 15. The Morgan fingerprint density at radius 2 is 1.87 bits per heavy atom. The highest BCUT2D eigenvalue weighted by Gasteiger charge is 2.33. The molecule has 7 N–H and O–H groups in total. The number of aryl methyl sites for hydroxylation is 1. The average Bonchev–Trinajstić information content (AvgIpc) is 3.38. The van der Waals surface area contributed by atoms with Gasteiger partial charge in [0.2, 0.25) is 0 Å². The zero-order chi connectivity index (χ0) is 32.6. The number of nitrogens with two attached hydrogens (primary N) is 3. The molecule has 2 aromatic heterocycles. The Hall–Kier alpha value is -4.47. The van der Waals surface area contributed by atoms with Crippen molar-refractivity contribution in [2.75, 3.05) is 26.9 Å². The van der Waals surface area contributed by atoms with Crippen LogP contribution in [0.3, 0.4) is 0 Å². The molecule has 0 aliphatic carbocycles. The maximum atomic E-state index is 15.4. The van der Waals surface area contributed by atoms with Crippen molar-refractivity contribution in [1.82, 2.24) is 14.5 Å². The lowest BCUT2D eigenvalue weighted by atomic mass is 10.0. The number of alkyl halides is 3. The Kier molecular flexibility index (Phi) is 11.1. The molecule has 1 unspecified atom stereocenters. The minimum atomic E-state index is -5.10. The second kappa shape index (κ2) is 15.0. The van der Waals surface area contributed by atoms with Crippen LogP contribution in [0.25, 0.3) is 28.0 Å². The Morgan fingerprint density at radius 3 is 2.56 bits per heavy atom. The van der Waals surface area contributed by atoms with E-state index in [-0.39, 0.29) is 28.9 Å². The maximum Gasteiger partial charge on any atom is 0.573 e. The number of guanidine groups is 1. The van der Waals surface area contributed by atoms with E-state index in [1.54, 1.807) is 24.3 Å². The van der Waals surface area contributed by atoms with Crippen molar-refractivity contribution in [1.29, 1.82) is 0 Å². The smallest absolute Gasteiger partial charge is 0.403 e. The molecule has 0 spiro atoms. The zero-order valence-corrected chi connectivity index (χ0v) is 24.6. The van der Waals surface area contributed by atoms with Crippen molar-refractivity contribution in [2.45, 2.75) is 44.7 Å². The summed E-state index contributed by atoms with van der Waals surface area (Å²) in [5.41, 5.74) is 17.8. The number of ether oxygens (including phenoxy) is 3. The van der Waals surface area contributed by atoms with E-state index in [0.717, 1.165) is 11.6 Å². The van der Waals surface area contributed by atoms with Gasteiger partial charge in [0.1, 0.15) is 5.65 Å². The van der Waals surface area contributed by atoms with E-state index in [4.69, 9.17) is 26.7 Å². The van der Waals surface area contributed by atoms with E-state index in [1.807, 2.05) is 0 Å². The Bertz CT molecular complexity index is 1670. The summed E-state index contributed by atoms with van der Waals surface area (Å²) >= 11 is 0. The van der Waals surface area contributed by atoms with Crippen molar-refractivity contribution in [2.24, 2.45) is 22.2 Å². The summed E-state index contributed by atoms with van der Waals surface area (Å²) < 4.78 is 70.7. The fraction of sp³-hybridized carbons (Fsp3) is 0.367. The van der Waals surface area contributed by atoms with Crippen LogP contribution in [0, 0.1) is 5.82 Å². The van der Waals surface area contributed by atoms with E-state index in [9.17, 15) is 18.0 Å². The summed E-state index contributed by atoms with van der Waals surface area (Å²) in [6, 6.07) is 10.8. The lowest BCUT2D eigenvalue weighted by molar-refractivity contribution is -0.275. The first kappa shape index (κ1) is 33.4. The molecule has 11 nitrogen and oxygen atoms in total. The van der Waals surface area contributed by atoms with E-state index in [2.05, 4.69) is 19.7 Å². The van der Waals surface area contributed by atoms with Crippen LogP contribution in [-0.4, -0.2) is 59.8 Å². The summed E-state index contributed by atoms with van der Waals surface area (Å²) in [5, 5.41) is 0.436. The molecule has 0 aliphatic rings. The number of fused-ring (bicyclic) bond motifs is 1. The monoisotopic (exact) mass is 633 g/mol. The van der Waals surface area contributed by atoms with Gasteiger partial charge in [0, 0.05) is 43.4 Å². The predicted octanol–water partition coefficient (Wildman–Crippen LogP) is 3.90. The minimum Gasteiger partial charge on any atom is -0.403 e. The quantitative estimate of drug-likeness (QED) is 0.0662. The molecule has 1 atom stereocenters. The van der Waals surface area contributed by atoms with E-state index in [1.165, 1.54) is 30.0 Å². The van der Waals surface area contributed by atoms with Crippen LogP contribution >= 0.6 is 0 Å². The van der Waals surface area contributed by atoms with Crippen molar-refractivity contribution >= 4 is 17.0 Å². The third-order valence-corrected chi connectivity index (χ3v) is 6.77. The topological polar surface area (TPSA) is 169 Å². The molecule has 4 aromatic rings. The van der Waals surface area contributed by atoms with Crippen molar-refractivity contribution in [3.05, 3.63) is 76.1 Å². The number of hydrogen-bond acceptors (Lipinski definition) is 7. The van der Waals surface area contributed by atoms with Gasteiger partial charge in [-0.05, 0) is 67.1 Å². The van der Waals surface area contributed by atoms with Gasteiger partial charge < -0.3 is 36.4 Å². The second-order valence-corrected chi connectivity index (χ2v) is 10.4. The molecule has 0 fully saturated rings. The molecule has 0 aliphatic heterocycles. The molecular formula is C30H35F4N7O4. The van der Waals surface area contributed by atoms with Crippen LogP contribution in [0.4, 0.5) is 17.6 Å². The van der Waals surface area contributed by atoms with Crippen LogP contribution in [-0.2, 0) is 22.5 Å². The van der Waals surface area contributed by atoms with Gasteiger partial charge >= 0.3 is 12.1 Å². The zero-order valence-electron chi connectivity index (χ0n) is 24.6. The summed E-state index contributed by atoms with van der Waals surface area (Å²) in [6.07, 6.45) is -1.53. The number of benzene rings is 2. The minimum absolute atomic E-state index is 0.0291. The molecule has 2 aromatic carbocycles. The number of nitrogens with one attached hydrogen (secondary N) is 1.